The quantitative estimate of drug-likeness (QED) is 0.580. The lowest BCUT2D eigenvalue weighted by atomic mass is 9.48. The van der Waals surface area contributed by atoms with Gasteiger partial charge in [-0.2, -0.15) is 0 Å². The lowest BCUT2D eigenvalue weighted by Crippen LogP contribution is -2.70. The minimum atomic E-state index is -0.314. The zero-order valence-corrected chi connectivity index (χ0v) is 19.8. The second-order valence-corrected chi connectivity index (χ2v) is 11.0. The number of hydrogen-bond donors (Lipinski definition) is 3. The van der Waals surface area contributed by atoms with E-state index in [4.69, 9.17) is 4.74 Å². The zero-order valence-electron chi connectivity index (χ0n) is 19.8. The first-order valence-electron chi connectivity index (χ1n) is 12.9. The number of nitrogens with zero attached hydrogens (tertiary/aromatic N) is 1. The zero-order chi connectivity index (χ0) is 22.8. The number of anilines is 1. The lowest BCUT2D eigenvalue weighted by Gasteiger charge is -2.61. The molecule has 0 aromatic carbocycles. The van der Waals surface area contributed by atoms with E-state index in [1.165, 1.54) is 32.1 Å². The molecule has 180 valence electrons. The number of rotatable bonds is 7. The van der Waals surface area contributed by atoms with Gasteiger partial charge in [0.2, 0.25) is 5.91 Å². The van der Waals surface area contributed by atoms with Crippen LogP contribution in [-0.2, 0) is 9.53 Å². The predicted octanol–water partition coefficient (Wildman–Crippen LogP) is 4.03. The SMILES string of the molecule is Cc1cc(NC(=O)NCC2(NC(=O)CCC3CCOCC3)C3CC4CC(C3)CC2C4)ccn1. The summed E-state index contributed by atoms with van der Waals surface area (Å²) in [6.45, 7) is 4.04. The van der Waals surface area contributed by atoms with Crippen molar-refractivity contribution in [1.29, 1.82) is 0 Å². The Morgan fingerprint density at radius 3 is 2.45 bits per heavy atom. The van der Waals surface area contributed by atoms with E-state index < -0.39 is 0 Å². The summed E-state index contributed by atoms with van der Waals surface area (Å²) in [5, 5.41) is 9.58. The van der Waals surface area contributed by atoms with Gasteiger partial charge in [0.05, 0.1) is 5.54 Å². The van der Waals surface area contributed by atoms with E-state index in [2.05, 4.69) is 20.9 Å². The van der Waals surface area contributed by atoms with E-state index in [1.54, 1.807) is 12.3 Å². The molecule has 1 saturated heterocycles. The van der Waals surface area contributed by atoms with Crippen LogP contribution in [0.2, 0.25) is 0 Å². The van der Waals surface area contributed by atoms with Crippen molar-refractivity contribution in [2.24, 2.45) is 29.6 Å². The number of hydrogen-bond acceptors (Lipinski definition) is 4. The van der Waals surface area contributed by atoms with Crippen molar-refractivity contribution >= 4 is 17.6 Å². The van der Waals surface area contributed by atoms with E-state index in [1.807, 2.05) is 13.0 Å². The maximum absolute atomic E-state index is 13.2. The third-order valence-electron chi connectivity index (χ3n) is 8.78. The first-order chi connectivity index (χ1) is 16.0. The monoisotopic (exact) mass is 454 g/mol. The largest absolute Gasteiger partial charge is 0.381 e. The minimum absolute atomic E-state index is 0.154. The number of nitrogens with one attached hydrogen (secondary N) is 3. The Kier molecular flexibility index (Phi) is 6.59. The molecule has 3 N–H and O–H groups in total. The summed E-state index contributed by atoms with van der Waals surface area (Å²) >= 11 is 0. The van der Waals surface area contributed by atoms with Gasteiger partial charge in [-0.3, -0.25) is 9.78 Å². The fourth-order valence-corrected chi connectivity index (χ4v) is 7.28. The molecule has 7 nitrogen and oxygen atoms in total. The molecule has 7 heteroatoms. The summed E-state index contributed by atoms with van der Waals surface area (Å²) in [5.74, 6) is 3.27. The molecule has 0 spiro atoms. The topological polar surface area (TPSA) is 92.4 Å². The van der Waals surface area contributed by atoms with Crippen LogP contribution in [0.15, 0.2) is 18.3 Å². The summed E-state index contributed by atoms with van der Waals surface area (Å²) < 4.78 is 5.46. The second kappa shape index (κ2) is 9.61. The van der Waals surface area contributed by atoms with Crippen LogP contribution in [0, 0.1) is 36.5 Å². The molecule has 4 saturated carbocycles. The number of ether oxygens (including phenoxy) is 1. The van der Waals surface area contributed by atoms with E-state index in [9.17, 15) is 9.59 Å². The number of aromatic nitrogens is 1. The van der Waals surface area contributed by atoms with Crippen LogP contribution < -0.4 is 16.0 Å². The van der Waals surface area contributed by atoms with Crippen molar-refractivity contribution in [1.82, 2.24) is 15.6 Å². The summed E-state index contributed by atoms with van der Waals surface area (Å²) in [6, 6.07) is 3.43. The third-order valence-corrected chi connectivity index (χ3v) is 8.78. The van der Waals surface area contributed by atoms with Gasteiger partial charge in [-0.05, 0) is 100 Å². The summed E-state index contributed by atoms with van der Waals surface area (Å²) in [7, 11) is 0. The summed E-state index contributed by atoms with van der Waals surface area (Å²) in [6.07, 6.45) is 11.4. The Hall–Kier alpha value is -2.15. The Labute approximate surface area is 196 Å². The molecule has 2 heterocycles. The molecule has 3 amide bonds. The molecular formula is C26H38N4O3. The Morgan fingerprint density at radius 1 is 1.09 bits per heavy atom. The molecule has 4 aliphatic carbocycles. The molecule has 33 heavy (non-hydrogen) atoms. The van der Waals surface area contributed by atoms with Crippen molar-refractivity contribution in [3.63, 3.8) is 0 Å². The third kappa shape index (κ3) is 5.03. The van der Waals surface area contributed by atoms with Crippen LogP contribution >= 0.6 is 0 Å². The van der Waals surface area contributed by atoms with Crippen LogP contribution in [0.25, 0.3) is 0 Å². The van der Waals surface area contributed by atoms with Gasteiger partial charge in [0.1, 0.15) is 0 Å². The smallest absolute Gasteiger partial charge is 0.319 e. The predicted molar refractivity (Wildman–Crippen MR) is 127 cm³/mol. The van der Waals surface area contributed by atoms with Crippen molar-refractivity contribution in [3.8, 4) is 0 Å². The summed E-state index contributed by atoms with van der Waals surface area (Å²) in [4.78, 5) is 30.1. The van der Waals surface area contributed by atoms with Gasteiger partial charge in [-0.25, -0.2) is 4.79 Å². The molecule has 0 radical (unpaired) electrons. The van der Waals surface area contributed by atoms with Crippen molar-refractivity contribution in [3.05, 3.63) is 24.0 Å². The maximum Gasteiger partial charge on any atom is 0.319 e. The molecule has 5 aliphatic rings. The highest BCUT2D eigenvalue weighted by Gasteiger charge is 2.57. The van der Waals surface area contributed by atoms with Gasteiger partial charge in [0.25, 0.3) is 0 Å². The molecule has 5 fully saturated rings. The highest BCUT2D eigenvalue weighted by atomic mass is 16.5. The molecule has 1 aliphatic heterocycles. The van der Waals surface area contributed by atoms with Gasteiger partial charge in [-0.1, -0.05) is 0 Å². The number of amides is 3. The number of aryl methyl sites for hydroxylation is 1. The van der Waals surface area contributed by atoms with Gasteiger partial charge < -0.3 is 20.7 Å². The Morgan fingerprint density at radius 2 is 1.79 bits per heavy atom. The highest BCUT2D eigenvalue weighted by Crippen LogP contribution is 2.58. The van der Waals surface area contributed by atoms with E-state index in [0.29, 0.717) is 30.7 Å². The highest BCUT2D eigenvalue weighted by molar-refractivity contribution is 5.89. The van der Waals surface area contributed by atoms with Crippen molar-refractivity contribution in [2.75, 3.05) is 25.1 Å². The standard InChI is InChI=1S/C26H38N4O3/c1-17-10-23(4-7-27-17)29-25(32)28-16-26(21-12-19-11-20(14-21)15-22(26)13-19)30-24(31)3-2-18-5-8-33-9-6-18/h4,7,10,18-22H,2-3,5-6,8-9,11-16H2,1H3,(H,30,31)(H2,27,28,29,32). The molecule has 0 unspecified atom stereocenters. The second-order valence-electron chi connectivity index (χ2n) is 11.0. The Balaban J connectivity index is 1.24. The molecule has 6 rings (SSSR count). The van der Waals surface area contributed by atoms with Crippen LogP contribution in [-0.4, -0.2) is 42.2 Å². The average molecular weight is 455 g/mol. The maximum atomic E-state index is 13.2. The molecule has 0 atom stereocenters. The number of carbonyl (C=O) groups is 2. The Bertz CT molecular complexity index is 839. The summed E-state index contributed by atoms with van der Waals surface area (Å²) in [5.41, 5.74) is 1.29. The fourth-order valence-electron chi connectivity index (χ4n) is 7.28. The number of urea groups is 1. The van der Waals surface area contributed by atoms with Gasteiger partial charge >= 0.3 is 6.03 Å². The molecular weight excluding hydrogens is 416 g/mol. The van der Waals surface area contributed by atoms with Crippen molar-refractivity contribution in [2.45, 2.75) is 70.3 Å². The van der Waals surface area contributed by atoms with E-state index in [-0.39, 0.29) is 17.5 Å². The lowest BCUT2D eigenvalue weighted by molar-refractivity contribution is -0.132. The average Bonchev–Trinajstić information content (AvgIpc) is 2.79. The van der Waals surface area contributed by atoms with Crippen LogP contribution in [0.1, 0.15) is 63.5 Å². The number of carbonyl (C=O) groups excluding carboxylic acids is 2. The first-order valence-corrected chi connectivity index (χ1v) is 12.9. The van der Waals surface area contributed by atoms with Gasteiger partial charge in [0, 0.05) is 43.8 Å². The molecule has 1 aromatic heterocycles. The first kappa shape index (κ1) is 22.6. The minimum Gasteiger partial charge on any atom is -0.381 e. The van der Waals surface area contributed by atoms with Gasteiger partial charge in [0.15, 0.2) is 0 Å². The van der Waals surface area contributed by atoms with Gasteiger partial charge in [-0.15, -0.1) is 0 Å². The molecule has 1 aromatic rings. The van der Waals surface area contributed by atoms with Crippen molar-refractivity contribution < 1.29 is 14.3 Å². The number of pyridine rings is 1. The fraction of sp³-hybridized carbons (Fsp3) is 0.731. The molecule has 4 bridgehead atoms. The van der Waals surface area contributed by atoms with E-state index in [0.717, 1.165) is 55.7 Å². The van der Waals surface area contributed by atoms with E-state index >= 15 is 0 Å². The van der Waals surface area contributed by atoms with Crippen LogP contribution in [0.4, 0.5) is 10.5 Å². The van der Waals surface area contributed by atoms with Crippen LogP contribution in [0.3, 0.4) is 0 Å². The van der Waals surface area contributed by atoms with Crippen LogP contribution in [0.5, 0.6) is 0 Å². The normalized spacial score (nSPS) is 33.0.